The Labute approximate surface area is 158 Å². The first-order valence-electron chi connectivity index (χ1n) is 8.09. The van der Waals surface area contributed by atoms with Crippen molar-refractivity contribution in [3.05, 3.63) is 41.2 Å². The van der Waals surface area contributed by atoms with Gasteiger partial charge in [0, 0.05) is 23.8 Å². The number of hydrogen-bond acceptors (Lipinski definition) is 3. The van der Waals surface area contributed by atoms with Crippen molar-refractivity contribution in [2.24, 2.45) is 0 Å². The van der Waals surface area contributed by atoms with Crippen LogP contribution >= 0.6 is 24.0 Å². The molecule has 0 saturated carbocycles. The molecule has 0 bridgehead atoms. The zero-order chi connectivity index (χ0) is 15.8. The number of halogens is 2. The van der Waals surface area contributed by atoms with Gasteiger partial charge in [0.25, 0.3) is 0 Å². The highest BCUT2D eigenvalue weighted by atomic mass is 35.5. The van der Waals surface area contributed by atoms with Crippen molar-refractivity contribution in [1.82, 2.24) is 15.0 Å². The highest BCUT2D eigenvalue weighted by Crippen LogP contribution is 2.30. The van der Waals surface area contributed by atoms with E-state index in [0.29, 0.717) is 0 Å². The molecule has 0 radical (unpaired) electrons. The molecule has 3 aromatic rings. The summed E-state index contributed by atoms with van der Waals surface area (Å²) in [6, 6.07) is 9.95. The Bertz CT molecular complexity index is 859. The Morgan fingerprint density at radius 2 is 1.84 bits per heavy atom. The summed E-state index contributed by atoms with van der Waals surface area (Å²) in [6.45, 7) is 4.09. The number of fused-ring (bicyclic) bond motifs is 1. The van der Waals surface area contributed by atoms with Crippen LogP contribution in [0.5, 0.6) is 0 Å². The van der Waals surface area contributed by atoms with Crippen LogP contribution in [0.2, 0.25) is 5.02 Å². The van der Waals surface area contributed by atoms with Crippen molar-refractivity contribution in [2.75, 3.05) is 18.0 Å². The van der Waals surface area contributed by atoms with E-state index in [-0.39, 0.29) is 17.9 Å². The number of H-pyrrole nitrogens is 1. The Morgan fingerprint density at radius 1 is 1.08 bits per heavy atom. The van der Waals surface area contributed by atoms with Gasteiger partial charge in [-0.2, -0.15) is 0 Å². The van der Waals surface area contributed by atoms with Crippen LogP contribution in [-0.2, 0) is 0 Å². The molecule has 1 fully saturated rings. The maximum Gasteiger partial charge on any atom is 0.156 e. The minimum atomic E-state index is 0. The molecule has 0 unspecified atom stereocenters. The first-order chi connectivity index (χ1) is 11.2. The lowest BCUT2D eigenvalue weighted by Gasteiger charge is -2.28. The van der Waals surface area contributed by atoms with E-state index in [1.807, 2.05) is 25.1 Å². The lowest BCUT2D eigenvalue weighted by molar-refractivity contribution is 0.574. The molecule has 3 N–H and O–H groups in total. The van der Waals surface area contributed by atoms with E-state index in [2.05, 4.69) is 27.0 Å². The molecule has 3 heterocycles. The van der Waals surface area contributed by atoms with Gasteiger partial charge in [0.2, 0.25) is 0 Å². The maximum absolute atomic E-state index is 6.12. The van der Waals surface area contributed by atoms with Gasteiger partial charge in [0.15, 0.2) is 5.82 Å². The maximum atomic E-state index is 6.12. The van der Waals surface area contributed by atoms with Crippen LogP contribution in [0.25, 0.3) is 22.3 Å². The van der Waals surface area contributed by atoms with Crippen LogP contribution < -0.4 is 4.90 Å². The van der Waals surface area contributed by atoms with Gasteiger partial charge in [-0.1, -0.05) is 23.7 Å². The summed E-state index contributed by atoms with van der Waals surface area (Å²) in [7, 11) is 0. The fourth-order valence-electron chi connectivity index (χ4n) is 3.26. The molecule has 25 heavy (non-hydrogen) atoms. The number of benzene rings is 1. The van der Waals surface area contributed by atoms with E-state index in [4.69, 9.17) is 16.6 Å². The molecule has 5 nitrogen and oxygen atoms in total. The highest BCUT2D eigenvalue weighted by molar-refractivity contribution is 6.30. The third-order valence-corrected chi connectivity index (χ3v) is 4.60. The van der Waals surface area contributed by atoms with Crippen LogP contribution in [-0.4, -0.2) is 33.5 Å². The van der Waals surface area contributed by atoms with Crippen LogP contribution in [0.3, 0.4) is 0 Å². The molecule has 0 atom stereocenters. The number of nitrogens with one attached hydrogen (secondary N) is 1. The van der Waals surface area contributed by atoms with Crippen LogP contribution in [0.4, 0.5) is 5.82 Å². The molecule has 4 rings (SSSR count). The molecular weight excluding hydrogens is 359 g/mol. The minimum Gasteiger partial charge on any atom is -0.412 e. The van der Waals surface area contributed by atoms with Crippen LogP contribution in [0.15, 0.2) is 30.3 Å². The summed E-state index contributed by atoms with van der Waals surface area (Å²) in [6.07, 6.45) is 3.76. The van der Waals surface area contributed by atoms with Gasteiger partial charge in [-0.05, 0) is 49.9 Å². The predicted octanol–water partition coefficient (Wildman–Crippen LogP) is 4.17. The average molecular weight is 381 g/mol. The standard InChI is InChI=1S/C18H19ClN4.ClH.H2O/c1-12-20-16-11-15(13-6-5-7-14(19)10-13)22-17(16)18(21-12)23-8-3-2-4-9-23;;/h5-7,10-11,22H,2-4,8-9H2,1H3;1H;1H2. The first-order valence-corrected chi connectivity index (χ1v) is 8.47. The summed E-state index contributed by atoms with van der Waals surface area (Å²) >= 11 is 6.12. The normalized spacial score (nSPS) is 14.1. The topological polar surface area (TPSA) is 76.3 Å². The summed E-state index contributed by atoms with van der Waals surface area (Å²) in [5.41, 5.74) is 4.08. The molecule has 2 aromatic heterocycles. The monoisotopic (exact) mass is 380 g/mol. The van der Waals surface area contributed by atoms with E-state index >= 15 is 0 Å². The summed E-state index contributed by atoms with van der Waals surface area (Å²) in [4.78, 5) is 15.2. The molecule has 1 aliphatic heterocycles. The van der Waals surface area contributed by atoms with Gasteiger partial charge in [-0.15, -0.1) is 12.4 Å². The molecule has 0 spiro atoms. The Kier molecular flexibility index (Phi) is 6.27. The molecule has 7 heteroatoms. The Morgan fingerprint density at radius 3 is 2.56 bits per heavy atom. The fourth-order valence-corrected chi connectivity index (χ4v) is 3.45. The quantitative estimate of drug-likeness (QED) is 0.724. The highest BCUT2D eigenvalue weighted by Gasteiger charge is 2.18. The van der Waals surface area contributed by atoms with Crippen LogP contribution in [0, 0.1) is 6.92 Å². The average Bonchev–Trinajstić information content (AvgIpc) is 2.99. The van der Waals surface area contributed by atoms with Crippen LogP contribution in [0.1, 0.15) is 25.1 Å². The second-order valence-electron chi connectivity index (χ2n) is 6.10. The zero-order valence-electron chi connectivity index (χ0n) is 14.1. The van der Waals surface area contributed by atoms with E-state index in [1.165, 1.54) is 19.3 Å². The van der Waals surface area contributed by atoms with Gasteiger partial charge in [-0.3, -0.25) is 0 Å². The molecule has 1 saturated heterocycles. The molecule has 0 aliphatic carbocycles. The summed E-state index contributed by atoms with van der Waals surface area (Å²) < 4.78 is 0. The van der Waals surface area contributed by atoms with Gasteiger partial charge < -0.3 is 15.4 Å². The first kappa shape index (κ1) is 19.5. The van der Waals surface area contributed by atoms with Gasteiger partial charge in [0.1, 0.15) is 11.3 Å². The number of nitrogens with zero attached hydrogens (tertiary/aromatic N) is 3. The molecular formula is C18H22Cl2N4O. The second kappa shape index (κ2) is 8.04. The molecule has 0 amide bonds. The number of aromatic nitrogens is 3. The number of rotatable bonds is 2. The minimum absolute atomic E-state index is 0. The zero-order valence-corrected chi connectivity index (χ0v) is 15.6. The molecule has 1 aliphatic rings. The Balaban J connectivity index is 0.00000113. The predicted molar refractivity (Wildman–Crippen MR) is 106 cm³/mol. The van der Waals surface area contributed by atoms with Crippen molar-refractivity contribution >= 4 is 40.9 Å². The van der Waals surface area contributed by atoms with Crippen molar-refractivity contribution in [3.63, 3.8) is 0 Å². The van der Waals surface area contributed by atoms with E-state index in [1.54, 1.807) is 0 Å². The number of anilines is 1. The number of hydrogen-bond donors (Lipinski definition) is 1. The van der Waals surface area contributed by atoms with Crippen molar-refractivity contribution in [1.29, 1.82) is 0 Å². The van der Waals surface area contributed by atoms with Gasteiger partial charge in [0.05, 0.1) is 5.52 Å². The summed E-state index contributed by atoms with van der Waals surface area (Å²) in [5.74, 6) is 1.84. The third kappa shape index (κ3) is 3.89. The number of aromatic amines is 1. The van der Waals surface area contributed by atoms with Gasteiger partial charge in [-0.25, -0.2) is 9.97 Å². The van der Waals surface area contributed by atoms with E-state index < -0.39 is 0 Å². The van der Waals surface area contributed by atoms with Crippen molar-refractivity contribution in [2.45, 2.75) is 26.2 Å². The number of aryl methyl sites for hydroxylation is 1. The summed E-state index contributed by atoms with van der Waals surface area (Å²) in [5, 5.41) is 0.736. The van der Waals surface area contributed by atoms with E-state index in [9.17, 15) is 0 Å². The van der Waals surface area contributed by atoms with E-state index in [0.717, 1.165) is 52.0 Å². The molecule has 1 aromatic carbocycles. The van der Waals surface area contributed by atoms with Crippen molar-refractivity contribution < 1.29 is 5.48 Å². The lowest BCUT2D eigenvalue weighted by Crippen LogP contribution is -2.30. The Hall–Kier alpha value is -1.82. The molecule has 134 valence electrons. The fraction of sp³-hybridized carbons (Fsp3) is 0.333. The largest absolute Gasteiger partial charge is 0.412 e. The lowest BCUT2D eigenvalue weighted by atomic mass is 10.1. The second-order valence-corrected chi connectivity index (χ2v) is 6.53. The SMILES string of the molecule is Cc1nc(N2CCCCC2)c2[nH]c(-c3cccc(Cl)c3)cc2n1.Cl.O. The van der Waals surface area contributed by atoms with Crippen molar-refractivity contribution in [3.8, 4) is 11.3 Å². The van der Waals surface area contributed by atoms with Gasteiger partial charge >= 0.3 is 0 Å². The third-order valence-electron chi connectivity index (χ3n) is 4.36. The smallest absolute Gasteiger partial charge is 0.156 e. The number of piperidine rings is 1.